The molecule has 34 heavy (non-hydrogen) atoms. The predicted molar refractivity (Wildman–Crippen MR) is 131 cm³/mol. The molecule has 3 N–H and O–H groups in total. The number of morpholine rings is 1. The van der Waals surface area contributed by atoms with Crippen LogP contribution in [0.3, 0.4) is 0 Å². The molecule has 8 nitrogen and oxygen atoms in total. The van der Waals surface area contributed by atoms with Crippen molar-refractivity contribution in [3.63, 3.8) is 0 Å². The van der Waals surface area contributed by atoms with E-state index in [4.69, 9.17) is 4.74 Å². The molecule has 3 aliphatic heterocycles. The second-order valence-electron chi connectivity index (χ2n) is 11.3. The van der Waals surface area contributed by atoms with Crippen LogP contribution < -0.4 is 16.0 Å². The topological polar surface area (TPSA) is 85.9 Å². The number of nitrogens with one attached hydrogen (secondary N) is 3. The molecule has 2 amide bonds. The summed E-state index contributed by atoms with van der Waals surface area (Å²) in [5.41, 5.74) is 0. The lowest BCUT2D eigenvalue weighted by molar-refractivity contribution is -0.140. The number of ether oxygens (including phenoxy) is 1. The van der Waals surface area contributed by atoms with Gasteiger partial charge in [-0.3, -0.25) is 14.9 Å². The van der Waals surface area contributed by atoms with Gasteiger partial charge in [0, 0.05) is 56.6 Å². The lowest BCUT2D eigenvalue weighted by Gasteiger charge is -2.43. The Morgan fingerprint density at radius 3 is 2.44 bits per heavy atom. The lowest BCUT2D eigenvalue weighted by atomic mass is 9.80. The third kappa shape index (κ3) is 5.61. The minimum atomic E-state index is 0.194. The van der Waals surface area contributed by atoms with E-state index in [2.05, 4.69) is 20.9 Å². The summed E-state index contributed by atoms with van der Waals surface area (Å²) < 4.78 is 5.40. The Hall–Kier alpha value is -1.22. The molecule has 0 aromatic heterocycles. The molecule has 3 heterocycles. The van der Waals surface area contributed by atoms with Crippen LogP contribution in [0.15, 0.2) is 0 Å². The molecule has 2 saturated carbocycles. The standard InChI is InChI=1S/C26H45N5O3/c1-18(32)31-12-10-19-3-2-4-23(25(19)31)28-22-9-11-27-24(17-22)29-21-7-5-20(6-8-21)26(33)30-13-15-34-16-14-30/h19-25,27-29H,2-17H2,1H3. The molecule has 5 fully saturated rings. The maximum Gasteiger partial charge on any atom is 0.225 e. The summed E-state index contributed by atoms with van der Waals surface area (Å²) in [5, 5.41) is 11.6. The fraction of sp³-hybridized carbons (Fsp3) is 0.923. The van der Waals surface area contributed by atoms with E-state index < -0.39 is 0 Å². The van der Waals surface area contributed by atoms with E-state index in [0.29, 0.717) is 55.4 Å². The second kappa shape index (κ2) is 11.2. The molecule has 5 atom stereocenters. The van der Waals surface area contributed by atoms with Crippen LogP contribution in [0.25, 0.3) is 0 Å². The van der Waals surface area contributed by atoms with Crippen LogP contribution >= 0.6 is 0 Å². The number of likely N-dealkylation sites (tertiary alicyclic amines) is 1. The van der Waals surface area contributed by atoms with Crippen molar-refractivity contribution in [2.45, 2.75) is 101 Å². The van der Waals surface area contributed by atoms with Gasteiger partial charge in [-0.1, -0.05) is 6.42 Å². The third-order valence-electron chi connectivity index (χ3n) is 9.18. The molecular weight excluding hydrogens is 430 g/mol. The Morgan fingerprint density at radius 2 is 1.68 bits per heavy atom. The van der Waals surface area contributed by atoms with E-state index in [1.807, 2.05) is 4.90 Å². The second-order valence-corrected chi connectivity index (χ2v) is 11.3. The van der Waals surface area contributed by atoms with E-state index in [1.54, 1.807) is 6.92 Å². The summed E-state index contributed by atoms with van der Waals surface area (Å²) in [7, 11) is 0. The Kier molecular flexibility index (Phi) is 8.08. The van der Waals surface area contributed by atoms with E-state index in [0.717, 1.165) is 64.7 Å². The van der Waals surface area contributed by atoms with E-state index in [-0.39, 0.29) is 11.8 Å². The number of carbonyl (C=O) groups excluding carboxylic acids is 2. The third-order valence-corrected chi connectivity index (χ3v) is 9.18. The van der Waals surface area contributed by atoms with Gasteiger partial charge in [0.05, 0.1) is 19.4 Å². The summed E-state index contributed by atoms with van der Waals surface area (Å²) >= 11 is 0. The smallest absolute Gasteiger partial charge is 0.225 e. The van der Waals surface area contributed by atoms with Crippen molar-refractivity contribution < 1.29 is 14.3 Å². The van der Waals surface area contributed by atoms with Crippen molar-refractivity contribution in [3.8, 4) is 0 Å². The molecular formula is C26H45N5O3. The van der Waals surface area contributed by atoms with Crippen molar-refractivity contribution in [2.75, 3.05) is 39.4 Å². The van der Waals surface area contributed by atoms with Gasteiger partial charge >= 0.3 is 0 Å². The summed E-state index contributed by atoms with van der Waals surface area (Å²) in [4.78, 5) is 29.2. The van der Waals surface area contributed by atoms with Gasteiger partial charge in [-0.25, -0.2) is 0 Å². The molecule has 5 unspecified atom stereocenters. The van der Waals surface area contributed by atoms with Gasteiger partial charge in [-0.2, -0.15) is 0 Å². The fourth-order valence-electron chi connectivity index (χ4n) is 7.39. The largest absolute Gasteiger partial charge is 0.378 e. The highest BCUT2D eigenvalue weighted by Gasteiger charge is 2.43. The maximum atomic E-state index is 12.8. The molecule has 0 aromatic carbocycles. The zero-order valence-corrected chi connectivity index (χ0v) is 21.0. The van der Waals surface area contributed by atoms with Gasteiger partial charge in [-0.15, -0.1) is 0 Å². The predicted octanol–water partition coefficient (Wildman–Crippen LogP) is 1.45. The molecule has 0 spiro atoms. The van der Waals surface area contributed by atoms with Crippen molar-refractivity contribution in [2.24, 2.45) is 11.8 Å². The van der Waals surface area contributed by atoms with E-state index >= 15 is 0 Å². The highest BCUT2D eigenvalue weighted by Crippen LogP contribution is 2.37. The van der Waals surface area contributed by atoms with Crippen LogP contribution in [0.2, 0.25) is 0 Å². The first-order valence-corrected chi connectivity index (χ1v) is 14.0. The maximum absolute atomic E-state index is 12.8. The number of hydrogen-bond donors (Lipinski definition) is 3. The highest BCUT2D eigenvalue weighted by atomic mass is 16.5. The molecule has 2 aliphatic carbocycles. The van der Waals surface area contributed by atoms with Crippen molar-refractivity contribution in [3.05, 3.63) is 0 Å². The summed E-state index contributed by atoms with van der Waals surface area (Å²) in [6.45, 7) is 6.57. The first kappa shape index (κ1) is 24.5. The summed E-state index contributed by atoms with van der Waals surface area (Å²) in [5.74, 6) is 1.47. The molecule has 0 radical (unpaired) electrons. The molecule has 192 valence electrons. The van der Waals surface area contributed by atoms with E-state index in [9.17, 15) is 9.59 Å². The Bertz CT molecular complexity index is 707. The first-order chi connectivity index (χ1) is 16.6. The molecule has 0 bridgehead atoms. The van der Waals surface area contributed by atoms with Gasteiger partial charge in [0.1, 0.15) is 0 Å². The monoisotopic (exact) mass is 475 g/mol. The number of nitrogens with zero attached hydrogens (tertiary/aromatic N) is 2. The highest BCUT2D eigenvalue weighted by molar-refractivity contribution is 5.79. The molecule has 8 heteroatoms. The fourth-order valence-corrected chi connectivity index (χ4v) is 7.39. The van der Waals surface area contributed by atoms with Crippen molar-refractivity contribution in [1.29, 1.82) is 0 Å². The Morgan fingerprint density at radius 1 is 0.882 bits per heavy atom. The zero-order chi connectivity index (χ0) is 23.5. The SMILES string of the molecule is CC(=O)N1CCC2CCCC(NC3CCNC(NC4CCC(C(=O)N5CCOCC5)CC4)C3)C21. The summed E-state index contributed by atoms with van der Waals surface area (Å²) in [6, 6.07) is 1.82. The normalized spacial score (nSPS) is 39.0. The molecule has 5 rings (SSSR count). The Balaban J connectivity index is 1.08. The number of carbonyl (C=O) groups is 2. The van der Waals surface area contributed by atoms with Gasteiger partial charge < -0.3 is 25.2 Å². The average molecular weight is 476 g/mol. The number of fused-ring (bicyclic) bond motifs is 1. The number of hydrogen-bond acceptors (Lipinski definition) is 6. The van der Waals surface area contributed by atoms with E-state index in [1.165, 1.54) is 25.7 Å². The lowest BCUT2D eigenvalue weighted by Crippen LogP contribution is -2.60. The number of piperidine rings is 1. The van der Waals surface area contributed by atoms with Crippen LogP contribution in [0.5, 0.6) is 0 Å². The van der Waals surface area contributed by atoms with Crippen molar-refractivity contribution in [1.82, 2.24) is 25.8 Å². The number of rotatable bonds is 5. The minimum Gasteiger partial charge on any atom is -0.378 e. The molecule has 5 aliphatic rings. The minimum absolute atomic E-state index is 0.194. The van der Waals surface area contributed by atoms with Gasteiger partial charge in [0.2, 0.25) is 11.8 Å². The Labute approximate surface area is 204 Å². The summed E-state index contributed by atoms with van der Waals surface area (Å²) in [6.07, 6.45) is 11.6. The van der Waals surface area contributed by atoms with Gasteiger partial charge in [0.25, 0.3) is 0 Å². The van der Waals surface area contributed by atoms with Crippen LogP contribution in [-0.4, -0.2) is 91.3 Å². The first-order valence-electron chi connectivity index (χ1n) is 14.0. The average Bonchev–Trinajstić information content (AvgIpc) is 3.31. The van der Waals surface area contributed by atoms with Crippen LogP contribution in [0.1, 0.15) is 71.1 Å². The quantitative estimate of drug-likeness (QED) is 0.558. The van der Waals surface area contributed by atoms with Gasteiger partial charge in [0.15, 0.2) is 0 Å². The molecule has 3 saturated heterocycles. The van der Waals surface area contributed by atoms with Crippen molar-refractivity contribution >= 4 is 11.8 Å². The molecule has 0 aromatic rings. The van der Waals surface area contributed by atoms with Crippen LogP contribution in [-0.2, 0) is 14.3 Å². The van der Waals surface area contributed by atoms with Crippen LogP contribution in [0.4, 0.5) is 0 Å². The van der Waals surface area contributed by atoms with Crippen LogP contribution in [0, 0.1) is 11.8 Å². The number of amides is 2. The zero-order valence-electron chi connectivity index (χ0n) is 21.0. The van der Waals surface area contributed by atoms with Gasteiger partial charge in [-0.05, 0) is 70.3 Å².